The Morgan fingerprint density at radius 2 is 2.00 bits per heavy atom. The van der Waals surface area contributed by atoms with Gasteiger partial charge in [0.05, 0.1) is 0 Å². The normalized spacial score (nSPS) is 9.80. The molecule has 59 valence electrons. The Hall–Kier alpha value is 0.0900. The number of hydrogen-bond donors (Lipinski definition) is 0. The van der Waals surface area contributed by atoms with Gasteiger partial charge in [0.25, 0.3) is 0 Å². The summed E-state index contributed by atoms with van der Waals surface area (Å²) in [5.41, 5.74) is 0. The maximum atomic E-state index is 5.04. The molecule has 0 saturated heterocycles. The molecule has 0 nitrogen and oxygen atoms in total. The summed E-state index contributed by atoms with van der Waals surface area (Å²) in [6, 6.07) is 0. The van der Waals surface area contributed by atoms with E-state index in [4.69, 9.17) is 12.2 Å². The van der Waals surface area contributed by atoms with Crippen LogP contribution < -0.4 is 0 Å². The van der Waals surface area contributed by atoms with E-state index in [-0.39, 0.29) is 0 Å². The topological polar surface area (TPSA) is 0 Å². The monoisotopic (exact) mass is 157 g/mol. The Labute approximate surface area is 70.0 Å². The fraction of sp³-hybridized carbons (Fsp3) is 0.778. The van der Waals surface area contributed by atoms with Gasteiger partial charge in [-0.05, 0) is 31.1 Å². The summed E-state index contributed by atoms with van der Waals surface area (Å²) in [5.74, 6) is 0. The lowest BCUT2D eigenvalue weighted by atomic mass is 10.1. The third-order valence-electron chi connectivity index (χ3n) is 1.59. The number of unbranched alkanes of at least 4 members (excludes halogenated alkanes) is 3. The van der Waals surface area contributed by atoms with Crippen LogP contribution in [0.1, 0.15) is 45.4 Å². The Kier molecular flexibility index (Phi) is 7.26. The molecule has 0 aliphatic rings. The molecule has 0 aliphatic heterocycles. The second-order valence-corrected chi connectivity index (χ2v) is 3.18. The highest BCUT2D eigenvalue weighted by Gasteiger charge is 1.92. The lowest BCUT2D eigenvalue weighted by Crippen LogP contribution is -1.90. The van der Waals surface area contributed by atoms with E-state index in [9.17, 15) is 0 Å². The Morgan fingerprint density at radius 3 is 2.50 bits per heavy atom. The van der Waals surface area contributed by atoms with Gasteiger partial charge in [-0.15, -0.1) is 0 Å². The second-order valence-electron chi connectivity index (χ2n) is 2.60. The summed E-state index contributed by atoms with van der Waals surface area (Å²) in [6.07, 6.45) is 7.19. The van der Waals surface area contributed by atoms with Crippen LogP contribution in [-0.2, 0) is 0 Å². The number of thiocarbonyl (C=S) groups is 1. The maximum Gasteiger partial charge on any atom is -0.00715 e. The third-order valence-corrected chi connectivity index (χ3v) is 2.00. The molecule has 0 bridgehead atoms. The van der Waals surface area contributed by atoms with Crippen LogP contribution in [0.3, 0.4) is 0 Å². The van der Waals surface area contributed by atoms with E-state index in [0.29, 0.717) is 0 Å². The van der Waals surface area contributed by atoms with Crippen LogP contribution in [0, 0.1) is 6.92 Å². The standard InChI is InChI=1S/C9H17S/c1-3-5-6-7-8-9(10)4-2/h2-8H2,1H3. The van der Waals surface area contributed by atoms with E-state index in [2.05, 4.69) is 13.8 Å². The van der Waals surface area contributed by atoms with E-state index >= 15 is 0 Å². The molecule has 0 heterocycles. The number of hydrogen-bond acceptors (Lipinski definition) is 1. The molecule has 10 heavy (non-hydrogen) atoms. The van der Waals surface area contributed by atoms with Crippen molar-refractivity contribution in [2.75, 3.05) is 0 Å². The highest BCUT2D eigenvalue weighted by Crippen LogP contribution is 2.04. The summed E-state index contributed by atoms with van der Waals surface area (Å²) < 4.78 is 0. The Balaban J connectivity index is 2.96. The van der Waals surface area contributed by atoms with Gasteiger partial charge in [-0.2, -0.15) is 0 Å². The van der Waals surface area contributed by atoms with Crippen LogP contribution in [0.4, 0.5) is 0 Å². The largest absolute Gasteiger partial charge is 0.0897 e. The Morgan fingerprint density at radius 1 is 1.30 bits per heavy atom. The van der Waals surface area contributed by atoms with Crippen molar-refractivity contribution in [2.45, 2.75) is 45.4 Å². The first kappa shape index (κ1) is 10.1. The van der Waals surface area contributed by atoms with Crippen molar-refractivity contribution >= 4 is 17.1 Å². The molecule has 0 amide bonds. The molecule has 0 aliphatic carbocycles. The lowest BCUT2D eigenvalue weighted by Gasteiger charge is -1.98. The van der Waals surface area contributed by atoms with Crippen LogP contribution >= 0.6 is 12.2 Å². The predicted molar refractivity (Wildman–Crippen MR) is 51.3 cm³/mol. The summed E-state index contributed by atoms with van der Waals surface area (Å²) in [7, 11) is 0. The van der Waals surface area contributed by atoms with Gasteiger partial charge in [-0.3, -0.25) is 0 Å². The van der Waals surface area contributed by atoms with Crippen LogP contribution in [0.25, 0.3) is 0 Å². The average Bonchev–Trinajstić information content (AvgIpc) is 1.98. The van der Waals surface area contributed by atoms with Crippen molar-refractivity contribution < 1.29 is 0 Å². The molecule has 0 spiro atoms. The van der Waals surface area contributed by atoms with E-state index < -0.39 is 0 Å². The van der Waals surface area contributed by atoms with Crippen molar-refractivity contribution in [2.24, 2.45) is 0 Å². The maximum absolute atomic E-state index is 5.04. The smallest absolute Gasteiger partial charge is 0.00715 e. The van der Waals surface area contributed by atoms with Crippen LogP contribution in [0.2, 0.25) is 0 Å². The lowest BCUT2D eigenvalue weighted by molar-refractivity contribution is 0.683. The van der Waals surface area contributed by atoms with Crippen molar-refractivity contribution in [3.63, 3.8) is 0 Å². The van der Waals surface area contributed by atoms with Crippen molar-refractivity contribution in [1.82, 2.24) is 0 Å². The molecule has 0 aromatic rings. The second kappa shape index (κ2) is 7.20. The van der Waals surface area contributed by atoms with Gasteiger partial charge >= 0.3 is 0 Å². The minimum atomic E-state index is 0.835. The van der Waals surface area contributed by atoms with Gasteiger partial charge in [0.2, 0.25) is 0 Å². The third kappa shape index (κ3) is 6.21. The molecule has 0 saturated carbocycles. The van der Waals surface area contributed by atoms with E-state index in [1.807, 2.05) is 0 Å². The van der Waals surface area contributed by atoms with Crippen LogP contribution in [-0.4, -0.2) is 4.86 Å². The van der Waals surface area contributed by atoms with Gasteiger partial charge in [0.1, 0.15) is 0 Å². The van der Waals surface area contributed by atoms with Gasteiger partial charge in [0, 0.05) is 0 Å². The Bertz CT molecular complexity index is 86.7. The average molecular weight is 157 g/mol. The zero-order chi connectivity index (χ0) is 7.82. The minimum absolute atomic E-state index is 0.835. The molecule has 0 aromatic heterocycles. The minimum Gasteiger partial charge on any atom is -0.0897 e. The zero-order valence-electron chi connectivity index (χ0n) is 6.86. The quantitative estimate of drug-likeness (QED) is 0.420. The van der Waals surface area contributed by atoms with E-state index in [0.717, 1.165) is 17.7 Å². The summed E-state index contributed by atoms with van der Waals surface area (Å²) in [5, 5.41) is 0. The fourth-order valence-electron chi connectivity index (χ4n) is 0.874. The molecule has 0 rings (SSSR count). The molecular formula is C9H17S. The molecule has 0 fully saturated rings. The summed E-state index contributed by atoms with van der Waals surface area (Å²) >= 11 is 5.04. The zero-order valence-corrected chi connectivity index (χ0v) is 7.67. The van der Waals surface area contributed by atoms with Crippen LogP contribution in [0.15, 0.2) is 0 Å². The molecule has 0 atom stereocenters. The van der Waals surface area contributed by atoms with Crippen molar-refractivity contribution in [3.05, 3.63) is 6.92 Å². The van der Waals surface area contributed by atoms with Crippen molar-refractivity contribution in [1.29, 1.82) is 0 Å². The first-order valence-corrected chi connectivity index (χ1v) is 4.53. The highest BCUT2D eigenvalue weighted by atomic mass is 32.1. The van der Waals surface area contributed by atoms with Gasteiger partial charge in [-0.1, -0.05) is 38.4 Å². The molecule has 1 heteroatoms. The summed E-state index contributed by atoms with van der Waals surface area (Å²) in [4.78, 5) is 1.14. The first-order valence-electron chi connectivity index (χ1n) is 4.12. The summed E-state index contributed by atoms with van der Waals surface area (Å²) in [6.45, 7) is 5.97. The van der Waals surface area contributed by atoms with Gasteiger partial charge in [-0.25, -0.2) is 0 Å². The van der Waals surface area contributed by atoms with E-state index in [1.165, 1.54) is 25.7 Å². The molecule has 0 N–H and O–H groups in total. The van der Waals surface area contributed by atoms with Gasteiger partial charge in [0.15, 0.2) is 0 Å². The van der Waals surface area contributed by atoms with Gasteiger partial charge < -0.3 is 0 Å². The number of rotatable bonds is 6. The van der Waals surface area contributed by atoms with E-state index in [1.54, 1.807) is 0 Å². The SMILES string of the molecule is [CH2]CC(=S)CCCCCC. The predicted octanol–water partition coefficient (Wildman–Crippen LogP) is 3.55. The molecule has 0 unspecified atom stereocenters. The highest BCUT2D eigenvalue weighted by molar-refractivity contribution is 7.80. The van der Waals surface area contributed by atoms with Crippen LogP contribution in [0.5, 0.6) is 0 Å². The fourth-order valence-corrected chi connectivity index (χ4v) is 1.02. The molecular weight excluding hydrogens is 140 g/mol. The first-order chi connectivity index (χ1) is 4.81. The van der Waals surface area contributed by atoms with Crippen molar-refractivity contribution in [3.8, 4) is 0 Å². The molecule has 1 radical (unpaired) electrons. The molecule has 0 aromatic carbocycles.